The van der Waals surface area contributed by atoms with Crippen LogP contribution >= 0.6 is 0 Å². The Morgan fingerprint density at radius 2 is 2.09 bits per heavy atom. The van der Waals surface area contributed by atoms with Crippen molar-refractivity contribution in [3.05, 3.63) is 23.9 Å². The lowest BCUT2D eigenvalue weighted by Crippen LogP contribution is -1.99. The Bertz CT molecular complexity index is 154. The van der Waals surface area contributed by atoms with E-state index in [0.717, 1.165) is 12.8 Å². The van der Waals surface area contributed by atoms with Crippen LogP contribution in [0.1, 0.15) is 33.6 Å². The third-order valence-corrected chi connectivity index (χ3v) is 1.83. The van der Waals surface area contributed by atoms with Gasteiger partial charge in [-0.3, -0.25) is 0 Å². The molecule has 0 saturated carbocycles. The second kappa shape index (κ2) is 5.00. The van der Waals surface area contributed by atoms with E-state index >= 15 is 0 Å². The number of nitrogens with two attached hydrogens (primary N) is 1. The first-order chi connectivity index (χ1) is 5.13. The van der Waals surface area contributed by atoms with Crippen LogP contribution in [0.2, 0.25) is 0 Å². The number of hydrogen-bond donors (Lipinski definition) is 1. The Morgan fingerprint density at radius 3 is 2.36 bits per heavy atom. The van der Waals surface area contributed by atoms with E-state index < -0.39 is 0 Å². The summed E-state index contributed by atoms with van der Waals surface area (Å²) < 4.78 is 0. The molecule has 0 aliphatic carbocycles. The summed E-state index contributed by atoms with van der Waals surface area (Å²) in [6.07, 6.45) is 3.87. The largest absolute Gasteiger partial charge is 0.404 e. The maximum Gasteiger partial charge on any atom is -0.00270 e. The van der Waals surface area contributed by atoms with E-state index in [9.17, 15) is 0 Å². The first-order valence-corrected chi connectivity index (χ1v) is 4.23. The SMILES string of the molecule is C=C(/C(=C/N)CCC)C(C)C. The van der Waals surface area contributed by atoms with Gasteiger partial charge in [0.2, 0.25) is 0 Å². The van der Waals surface area contributed by atoms with Crippen molar-refractivity contribution >= 4 is 0 Å². The molecule has 0 rings (SSSR count). The second-order valence-electron chi connectivity index (χ2n) is 3.12. The lowest BCUT2D eigenvalue weighted by Gasteiger charge is -2.12. The highest BCUT2D eigenvalue weighted by Gasteiger charge is 2.04. The maximum atomic E-state index is 5.47. The molecule has 0 aliphatic heterocycles. The summed E-state index contributed by atoms with van der Waals surface area (Å²) in [7, 11) is 0. The van der Waals surface area contributed by atoms with Crippen LogP contribution in [-0.2, 0) is 0 Å². The predicted molar refractivity (Wildman–Crippen MR) is 51.2 cm³/mol. The fourth-order valence-electron chi connectivity index (χ4n) is 0.991. The van der Waals surface area contributed by atoms with Crippen LogP contribution < -0.4 is 5.73 Å². The van der Waals surface area contributed by atoms with E-state index in [1.165, 1.54) is 11.1 Å². The summed E-state index contributed by atoms with van der Waals surface area (Å²) in [4.78, 5) is 0. The molecular formula is C10H19N. The third-order valence-electron chi connectivity index (χ3n) is 1.83. The smallest absolute Gasteiger partial charge is 0.00270 e. The third kappa shape index (κ3) is 3.26. The van der Waals surface area contributed by atoms with Crippen molar-refractivity contribution in [3.63, 3.8) is 0 Å². The normalized spacial score (nSPS) is 12.2. The predicted octanol–water partition coefficient (Wildman–Crippen LogP) is 2.84. The van der Waals surface area contributed by atoms with Crippen LogP contribution in [0.25, 0.3) is 0 Å². The van der Waals surface area contributed by atoms with Gasteiger partial charge in [0.25, 0.3) is 0 Å². The van der Waals surface area contributed by atoms with E-state index in [1.54, 1.807) is 6.20 Å². The van der Waals surface area contributed by atoms with Gasteiger partial charge < -0.3 is 5.73 Å². The van der Waals surface area contributed by atoms with Crippen LogP contribution in [0, 0.1) is 5.92 Å². The topological polar surface area (TPSA) is 26.0 Å². The van der Waals surface area contributed by atoms with Gasteiger partial charge in [0.15, 0.2) is 0 Å². The Morgan fingerprint density at radius 1 is 1.55 bits per heavy atom. The highest BCUT2D eigenvalue weighted by molar-refractivity contribution is 5.28. The standard InChI is InChI=1S/C10H19N/c1-5-6-10(7-11)9(4)8(2)3/h7-8H,4-6,11H2,1-3H3/b10-7+. The van der Waals surface area contributed by atoms with Crippen molar-refractivity contribution in [2.75, 3.05) is 0 Å². The fourth-order valence-corrected chi connectivity index (χ4v) is 0.991. The van der Waals surface area contributed by atoms with Gasteiger partial charge in [-0.25, -0.2) is 0 Å². The molecule has 11 heavy (non-hydrogen) atoms. The monoisotopic (exact) mass is 153 g/mol. The van der Waals surface area contributed by atoms with Crippen molar-refractivity contribution in [1.82, 2.24) is 0 Å². The molecule has 0 fully saturated rings. The minimum absolute atomic E-state index is 0.511. The lowest BCUT2D eigenvalue weighted by molar-refractivity contribution is 0.755. The van der Waals surface area contributed by atoms with Gasteiger partial charge in [-0.2, -0.15) is 0 Å². The Labute approximate surface area is 70.0 Å². The van der Waals surface area contributed by atoms with Crippen molar-refractivity contribution in [3.8, 4) is 0 Å². The molecule has 2 N–H and O–H groups in total. The van der Waals surface area contributed by atoms with Crippen LogP contribution in [0.5, 0.6) is 0 Å². The van der Waals surface area contributed by atoms with Crippen LogP contribution in [0.15, 0.2) is 23.9 Å². The van der Waals surface area contributed by atoms with E-state index in [-0.39, 0.29) is 0 Å². The van der Waals surface area contributed by atoms with E-state index in [2.05, 4.69) is 27.4 Å². The summed E-state index contributed by atoms with van der Waals surface area (Å²) in [5, 5.41) is 0. The molecule has 0 atom stereocenters. The van der Waals surface area contributed by atoms with Gasteiger partial charge in [-0.05, 0) is 29.7 Å². The average molecular weight is 153 g/mol. The number of allylic oxidation sites excluding steroid dienone is 2. The Hall–Kier alpha value is -0.720. The van der Waals surface area contributed by atoms with Gasteiger partial charge in [-0.15, -0.1) is 0 Å². The van der Waals surface area contributed by atoms with Gasteiger partial charge >= 0.3 is 0 Å². The molecule has 0 heterocycles. The van der Waals surface area contributed by atoms with Crippen molar-refractivity contribution in [1.29, 1.82) is 0 Å². The minimum Gasteiger partial charge on any atom is -0.404 e. The molecule has 1 heteroatoms. The highest BCUT2D eigenvalue weighted by atomic mass is 14.5. The molecule has 0 radical (unpaired) electrons. The fraction of sp³-hybridized carbons (Fsp3) is 0.600. The summed E-state index contributed by atoms with van der Waals surface area (Å²) in [6.45, 7) is 10.4. The molecule has 0 unspecified atom stereocenters. The van der Waals surface area contributed by atoms with Gasteiger partial charge in [-0.1, -0.05) is 33.8 Å². The van der Waals surface area contributed by atoms with Crippen LogP contribution in [0.4, 0.5) is 0 Å². The van der Waals surface area contributed by atoms with Crippen molar-refractivity contribution in [2.45, 2.75) is 33.6 Å². The molecule has 1 nitrogen and oxygen atoms in total. The zero-order chi connectivity index (χ0) is 8.85. The zero-order valence-corrected chi connectivity index (χ0v) is 7.85. The van der Waals surface area contributed by atoms with Gasteiger partial charge in [0.1, 0.15) is 0 Å². The average Bonchev–Trinajstić information content (AvgIpc) is 1.98. The summed E-state index contributed by atoms with van der Waals surface area (Å²) in [6, 6.07) is 0. The quantitative estimate of drug-likeness (QED) is 0.617. The lowest BCUT2D eigenvalue weighted by atomic mass is 9.95. The summed E-state index contributed by atoms with van der Waals surface area (Å²) in [5.41, 5.74) is 7.86. The minimum atomic E-state index is 0.511. The first-order valence-electron chi connectivity index (χ1n) is 4.23. The summed E-state index contributed by atoms with van der Waals surface area (Å²) in [5.74, 6) is 0.511. The first kappa shape index (κ1) is 10.3. The van der Waals surface area contributed by atoms with Gasteiger partial charge in [0, 0.05) is 0 Å². The van der Waals surface area contributed by atoms with E-state index in [4.69, 9.17) is 5.73 Å². The van der Waals surface area contributed by atoms with Crippen LogP contribution in [0.3, 0.4) is 0 Å². The molecule has 0 amide bonds. The van der Waals surface area contributed by atoms with Crippen molar-refractivity contribution < 1.29 is 0 Å². The highest BCUT2D eigenvalue weighted by Crippen LogP contribution is 2.20. The molecule has 0 spiro atoms. The molecule has 0 saturated heterocycles. The molecule has 64 valence electrons. The van der Waals surface area contributed by atoms with E-state index in [1.807, 2.05) is 0 Å². The summed E-state index contributed by atoms with van der Waals surface area (Å²) >= 11 is 0. The van der Waals surface area contributed by atoms with Crippen molar-refractivity contribution in [2.24, 2.45) is 11.7 Å². The second-order valence-corrected chi connectivity index (χ2v) is 3.12. The van der Waals surface area contributed by atoms with Gasteiger partial charge in [0.05, 0.1) is 0 Å². The molecule has 0 aromatic carbocycles. The molecule has 0 aliphatic rings. The Kier molecular flexibility index (Phi) is 4.67. The maximum absolute atomic E-state index is 5.47. The Balaban J connectivity index is 4.16. The zero-order valence-electron chi connectivity index (χ0n) is 7.85. The van der Waals surface area contributed by atoms with E-state index in [0.29, 0.717) is 5.92 Å². The number of hydrogen-bond acceptors (Lipinski definition) is 1. The van der Waals surface area contributed by atoms with Crippen LogP contribution in [-0.4, -0.2) is 0 Å². The molecule has 0 bridgehead atoms. The number of rotatable bonds is 4. The molecule has 0 aromatic heterocycles. The molecule has 0 aromatic rings. The molecular weight excluding hydrogens is 134 g/mol.